The maximum absolute atomic E-state index is 12.9. The van der Waals surface area contributed by atoms with Crippen LogP contribution in [0, 0.1) is 0 Å². The number of aromatic nitrogens is 5. The predicted octanol–water partition coefficient (Wildman–Crippen LogP) is 3.03. The van der Waals surface area contributed by atoms with Crippen LogP contribution in [0.1, 0.15) is 16.8 Å². The van der Waals surface area contributed by atoms with Crippen molar-refractivity contribution in [3.05, 3.63) is 59.9 Å². The molecule has 3 heterocycles. The molecule has 0 unspecified atom stereocenters. The Bertz CT molecular complexity index is 1120. The van der Waals surface area contributed by atoms with Gasteiger partial charge in [0.15, 0.2) is 5.82 Å². The SMILES string of the molecule is C=CC(=O)N1CCc2c(nc(-c3ccc(C(F)(F)F)cc3)nc2-c2cnn(C)n2)C1. The highest BCUT2D eigenvalue weighted by atomic mass is 19.4. The number of carbonyl (C=O) groups excluding carboxylic acids is 1. The Balaban J connectivity index is 1.82. The van der Waals surface area contributed by atoms with Gasteiger partial charge in [0.2, 0.25) is 5.91 Å². The van der Waals surface area contributed by atoms with E-state index in [-0.39, 0.29) is 18.3 Å². The van der Waals surface area contributed by atoms with Gasteiger partial charge in [-0.05, 0) is 24.6 Å². The molecule has 30 heavy (non-hydrogen) atoms. The number of hydrogen-bond acceptors (Lipinski definition) is 5. The molecular formula is C20H17F3N6O. The lowest BCUT2D eigenvalue weighted by Gasteiger charge is -2.28. The minimum Gasteiger partial charge on any atom is -0.333 e. The molecule has 0 saturated carbocycles. The quantitative estimate of drug-likeness (QED) is 0.616. The Morgan fingerprint density at radius 1 is 1.20 bits per heavy atom. The Morgan fingerprint density at radius 3 is 2.53 bits per heavy atom. The third-order valence-corrected chi connectivity index (χ3v) is 4.86. The highest BCUT2D eigenvalue weighted by Crippen LogP contribution is 2.32. The van der Waals surface area contributed by atoms with Gasteiger partial charge < -0.3 is 4.90 Å². The lowest BCUT2D eigenvalue weighted by Crippen LogP contribution is -2.35. The molecule has 2 aromatic heterocycles. The van der Waals surface area contributed by atoms with Gasteiger partial charge in [-0.25, -0.2) is 9.97 Å². The van der Waals surface area contributed by atoms with Crippen LogP contribution in [0.25, 0.3) is 22.8 Å². The standard InChI is InChI=1S/C20H17F3N6O/c1-3-17(30)29-9-8-14-16(11-29)25-19(26-18(14)15-10-24-28(2)27-15)12-4-6-13(7-5-12)20(21,22)23/h3-7,10H,1,8-9,11H2,2H3. The van der Waals surface area contributed by atoms with Crippen molar-refractivity contribution in [2.24, 2.45) is 7.05 Å². The number of amides is 1. The number of benzene rings is 1. The van der Waals surface area contributed by atoms with Crippen molar-refractivity contribution in [2.75, 3.05) is 6.54 Å². The molecule has 7 nitrogen and oxygen atoms in total. The fourth-order valence-corrected chi connectivity index (χ4v) is 3.35. The summed E-state index contributed by atoms with van der Waals surface area (Å²) < 4.78 is 38.7. The van der Waals surface area contributed by atoms with E-state index in [1.165, 1.54) is 23.0 Å². The second-order valence-corrected chi connectivity index (χ2v) is 6.83. The van der Waals surface area contributed by atoms with Crippen LogP contribution in [0.15, 0.2) is 43.1 Å². The molecule has 3 aromatic rings. The normalized spacial score (nSPS) is 13.8. The summed E-state index contributed by atoms with van der Waals surface area (Å²) in [5, 5.41) is 8.39. The van der Waals surface area contributed by atoms with E-state index in [0.29, 0.717) is 35.6 Å². The zero-order valence-corrected chi connectivity index (χ0v) is 16.0. The van der Waals surface area contributed by atoms with Gasteiger partial charge in [-0.15, -0.1) is 0 Å². The van der Waals surface area contributed by atoms with Crippen LogP contribution in [0.5, 0.6) is 0 Å². The smallest absolute Gasteiger partial charge is 0.333 e. The lowest BCUT2D eigenvalue weighted by molar-refractivity contribution is -0.137. The van der Waals surface area contributed by atoms with Crippen LogP contribution in [0.2, 0.25) is 0 Å². The molecule has 0 N–H and O–H groups in total. The highest BCUT2D eigenvalue weighted by Gasteiger charge is 2.30. The largest absolute Gasteiger partial charge is 0.416 e. The van der Waals surface area contributed by atoms with E-state index < -0.39 is 11.7 Å². The summed E-state index contributed by atoms with van der Waals surface area (Å²) in [6.45, 7) is 4.25. The van der Waals surface area contributed by atoms with E-state index in [1.807, 2.05) is 0 Å². The molecule has 1 amide bonds. The van der Waals surface area contributed by atoms with Crippen LogP contribution in [0.3, 0.4) is 0 Å². The fraction of sp³-hybridized carbons (Fsp3) is 0.250. The van der Waals surface area contributed by atoms with Gasteiger partial charge in [0, 0.05) is 24.7 Å². The van der Waals surface area contributed by atoms with E-state index in [0.717, 1.165) is 17.7 Å². The summed E-state index contributed by atoms with van der Waals surface area (Å²) in [6, 6.07) is 4.66. The second-order valence-electron chi connectivity index (χ2n) is 6.83. The summed E-state index contributed by atoms with van der Waals surface area (Å²) in [7, 11) is 1.68. The summed E-state index contributed by atoms with van der Waals surface area (Å²) in [6.07, 6.45) is -1.09. The van der Waals surface area contributed by atoms with Crippen LogP contribution in [-0.4, -0.2) is 42.3 Å². The van der Waals surface area contributed by atoms with E-state index in [1.54, 1.807) is 18.1 Å². The van der Waals surface area contributed by atoms with Crippen LogP contribution >= 0.6 is 0 Å². The Labute approximate surface area is 169 Å². The summed E-state index contributed by atoms with van der Waals surface area (Å²) in [4.78, 5) is 24.2. The first-order valence-electron chi connectivity index (χ1n) is 9.11. The molecule has 0 saturated heterocycles. The van der Waals surface area contributed by atoms with Crippen molar-refractivity contribution < 1.29 is 18.0 Å². The second kappa shape index (κ2) is 7.36. The van der Waals surface area contributed by atoms with E-state index in [2.05, 4.69) is 26.7 Å². The van der Waals surface area contributed by atoms with Gasteiger partial charge in [-0.2, -0.15) is 28.2 Å². The molecule has 0 atom stereocenters. The Morgan fingerprint density at radius 2 is 1.93 bits per heavy atom. The van der Waals surface area contributed by atoms with Gasteiger partial charge in [-0.3, -0.25) is 4.79 Å². The molecule has 4 rings (SSSR count). The Kier molecular flexibility index (Phi) is 4.84. The molecule has 1 aromatic carbocycles. The molecule has 1 aliphatic rings. The molecule has 0 bridgehead atoms. The number of carbonyl (C=O) groups is 1. The summed E-state index contributed by atoms with van der Waals surface area (Å²) >= 11 is 0. The average molecular weight is 414 g/mol. The number of fused-ring (bicyclic) bond motifs is 1. The molecule has 0 aliphatic carbocycles. The van der Waals surface area contributed by atoms with Gasteiger partial charge in [0.25, 0.3) is 0 Å². The minimum atomic E-state index is -4.43. The van der Waals surface area contributed by atoms with E-state index in [4.69, 9.17) is 0 Å². The monoisotopic (exact) mass is 414 g/mol. The number of nitrogens with zero attached hydrogens (tertiary/aromatic N) is 6. The third kappa shape index (κ3) is 3.68. The zero-order chi connectivity index (χ0) is 21.5. The zero-order valence-electron chi connectivity index (χ0n) is 16.0. The highest BCUT2D eigenvalue weighted by molar-refractivity contribution is 5.87. The molecule has 154 valence electrons. The number of aryl methyl sites for hydroxylation is 1. The molecule has 0 radical (unpaired) electrons. The van der Waals surface area contributed by atoms with E-state index in [9.17, 15) is 18.0 Å². The maximum atomic E-state index is 12.9. The number of hydrogen-bond donors (Lipinski definition) is 0. The fourth-order valence-electron chi connectivity index (χ4n) is 3.35. The third-order valence-electron chi connectivity index (χ3n) is 4.86. The van der Waals surface area contributed by atoms with Crippen molar-refractivity contribution in [1.29, 1.82) is 0 Å². The number of halogens is 3. The van der Waals surface area contributed by atoms with Crippen LogP contribution in [0.4, 0.5) is 13.2 Å². The van der Waals surface area contributed by atoms with Gasteiger partial charge >= 0.3 is 6.18 Å². The van der Waals surface area contributed by atoms with Gasteiger partial charge in [0.05, 0.1) is 29.7 Å². The van der Waals surface area contributed by atoms with Crippen LogP contribution < -0.4 is 0 Å². The molecular weight excluding hydrogens is 397 g/mol. The van der Waals surface area contributed by atoms with Crippen molar-refractivity contribution in [3.63, 3.8) is 0 Å². The first kappa shape index (κ1) is 19.7. The van der Waals surface area contributed by atoms with Crippen molar-refractivity contribution in [2.45, 2.75) is 19.1 Å². The van der Waals surface area contributed by atoms with Gasteiger partial charge in [0.1, 0.15) is 5.69 Å². The topological polar surface area (TPSA) is 76.8 Å². The van der Waals surface area contributed by atoms with Gasteiger partial charge in [-0.1, -0.05) is 18.7 Å². The predicted molar refractivity (Wildman–Crippen MR) is 102 cm³/mol. The molecule has 0 spiro atoms. The van der Waals surface area contributed by atoms with Crippen LogP contribution in [-0.2, 0) is 31.0 Å². The first-order chi connectivity index (χ1) is 14.3. The van der Waals surface area contributed by atoms with Crippen molar-refractivity contribution in [1.82, 2.24) is 29.9 Å². The van der Waals surface area contributed by atoms with Crippen molar-refractivity contribution in [3.8, 4) is 22.8 Å². The summed E-state index contributed by atoms with van der Waals surface area (Å²) in [5.74, 6) is 0.0485. The Hall–Kier alpha value is -3.56. The molecule has 10 heteroatoms. The lowest BCUT2D eigenvalue weighted by atomic mass is 10.0. The molecule has 0 fully saturated rings. The number of rotatable bonds is 3. The minimum absolute atomic E-state index is 0.212. The average Bonchev–Trinajstić information content (AvgIpc) is 3.17. The summed E-state index contributed by atoms with van der Waals surface area (Å²) in [5.41, 5.74) is 2.26. The van der Waals surface area contributed by atoms with Crippen molar-refractivity contribution >= 4 is 5.91 Å². The number of alkyl halides is 3. The molecule has 1 aliphatic heterocycles. The maximum Gasteiger partial charge on any atom is 0.416 e. The van der Waals surface area contributed by atoms with E-state index >= 15 is 0 Å². The first-order valence-corrected chi connectivity index (χ1v) is 9.11.